The lowest BCUT2D eigenvalue weighted by Gasteiger charge is -2.12. The van der Waals surface area contributed by atoms with Crippen LogP contribution in [-0.4, -0.2) is 25.6 Å². The molecule has 0 heterocycles. The largest absolute Gasteiger partial charge is 0.522 e. The lowest BCUT2D eigenvalue weighted by atomic mass is 10.2. The molecule has 1 N–H and O–H groups in total. The summed E-state index contributed by atoms with van der Waals surface area (Å²) in [5.41, 5.74) is 0. The van der Waals surface area contributed by atoms with Gasteiger partial charge < -0.3 is 5.32 Å². The normalized spacial score (nSPS) is 18.4. The minimum absolute atomic E-state index is 0.242. The van der Waals surface area contributed by atoms with Crippen LogP contribution in [0.4, 0.5) is 13.2 Å². The quantitative estimate of drug-likeness (QED) is 0.545. The number of ether oxygens (including phenoxy) is 1. The smallest absolute Gasteiger partial charge is 0.311 e. The Morgan fingerprint density at radius 3 is 2.46 bits per heavy atom. The Bertz CT molecular complexity index is 171. The van der Waals surface area contributed by atoms with Crippen molar-refractivity contribution in [1.82, 2.24) is 5.32 Å². The molecule has 0 amide bonds. The minimum Gasteiger partial charge on any atom is -0.311 e. The molecule has 1 aliphatic carbocycles. The van der Waals surface area contributed by atoms with Crippen LogP contribution in [0.3, 0.4) is 0 Å². The second kappa shape index (κ2) is 4.62. The van der Waals surface area contributed by atoms with Crippen molar-refractivity contribution in [3.05, 3.63) is 12.2 Å². The van der Waals surface area contributed by atoms with E-state index >= 15 is 0 Å². The molecule has 0 bridgehead atoms. The van der Waals surface area contributed by atoms with Gasteiger partial charge >= 0.3 is 6.36 Å². The second-order valence-electron chi connectivity index (χ2n) is 2.89. The maximum absolute atomic E-state index is 11.5. The molecule has 0 fully saturated rings. The van der Waals surface area contributed by atoms with Gasteiger partial charge in [-0.05, 0) is 12.8 Å². The third kappa shape index (κ3) is 4.90. The highest BCUT2D eigenvalue weighted by atomic mass is 19.4. The summed E-state index contributed by atoms with van der Waals surface area (Å²) in [4.78, 5) is 0. The Morgan fingerprint density at radius 1 is 1.31 bits per heavy atom. The molecule has 1 rings (SSSR count). The molecular weight excluding hydrogens is 183 g/mol. The van der Waals surface area contributed by atoms with Gasteiger partial charge in [0.15, 0.2) is 0 Å². The number of alkyl halides is 3. The molecule has 0 aromatic heterocycles. The topological polar surface area (TPSA) is 21.3 Å². The molecule has 0 atom stereocenters. The number of rotatable bonds is 4. The van der Waals surface area contributed by atoms with Crippen LogP contribution in [0.25, 0.3) is 0 Å². The van der Waals surface area contributed by atoms with E-state index in [-0.39, 0.29) is 19.2 Å². The summed E-state index contributed by atoms with van der Waals surface area (Å²) in [6.45, 7) is -0.0775. The van der Waals surface area contributed by atoms with E-state index in [4.69, 9.17) is 0 Å². The van der Waals surface area contributed by atoms with Crippen molar-refractivity contribution < 1.29 is 17.9 Å². The predicted molar refractivity (Wildman–Crippen MR) is 42.2 cm³/mol. The van der Waals surface area contributed by atoms with Gasteiger partial charge in [-0.15, -0.1) is 13.2 Å². The summed E-state index contributed by atoms with van der Waals surface area (Å²) in [6.07, 6.45) is 1.32. The molecule has 0 radical (unpaired) electrons. The molecule has 0 spiro atoms. The third-order valence-corrected chi connectivity index (χ3v) is 1.81. The standard InChI is InChI=1S/C8H12F3NO/c9-8(10,11)13-6-5-12-7-3-1-2-4-7/h1-2,7,12H,3-6H2. The average Bonchev–Trinajstić information content (AvgIpc) is 2.48. The van der Waals surface area contributed by atoms with E-state index in [9.17, 15) is 13.2 Å². The maximum Gasteiger partial charge on any atom is 0.522 e. The Labute approximate surface area is 74.8 Å². The van der Waals surface area contributed by atoms with Gasteiger partial charge in [0, 0.05) is 12.6 Å². The number of hydrogen-bond donors (Lipinski definition) is 1. The Hall–Kier alpha value is -0.550. The highest BCUT2D eigenvalue weighted by molar-refractivity contribution is 4.97. The Kier molecular flexibility index (Phi) is 3.74. The van der Waals surface area contributed by atoms with Crippen molar-refractivity contribution in [1.29, 1.82) is 0 Å². The van der Waals surface area contributed by atoms with E-state index in [1.54, 1.807) is 0 Å². The fraction of sp³-hybridized carbons (Fsp3) is 0.750. The maximum atomic E-state index is 11.5. The van der Waals surface area contributed by atoms with E-state index in [1.807, 2.05) is 12.2 Å². The summed E-state index contributed by atoms with van der Waals surface area (Å²) in [6, 6.07) is 0.289. The Morgan fingerprint density at radius 2 is 1.92 bits per heavy atom. The zero-order valence-electron chi connectivity index (χ0n) is 7.10. The average molecular weight is 195 g/mol. The second-order valence-corrected chi connectivity index (χ2v) is 2.89. The zero-order chi connectivity index (χ0) is 9.73. The van der Waals surface area contributed by atoms with Gasteiger partial charge in [-0.1, -0.05) is 12.2 Å². The van der Waals surface area contributed by atoms with Crippen LogP contribution in [0.15, 0.2) is 12.2 Å². The molecule has 0 unspecified atom stereocenters. The summed E-state index contributed by atoms with van der Waals surface area (Å²) in [7, 11) is 0. The van der Waals surface area contributed by atoms with Gasteiger partial charge in [0.1, 0.15) is 0 Å². The van der Waals surface area contributed by atoms with Gasteiger partial charge in [-0.2, -0.15) is 0 Å². The van der Waals surface area contributed by atoms with Crippen LogP contribution in [0, 0.1) is 0 Å². The number of halogens is 3. The fourth-order valence-corrected chi connectivity index (χ4v) is 1.21. The molecule has 0 aromatic carbocycles. The third-order valence-electron chi connectivity index (χ3n) is 1.81. The molecule has 1 aliphatic rings. The molecule has 0 aromatic rings. The molecule has 13 heavy (non-hydrogen) atoms. The molecule has 0 saturated heterocycles. The van der Waals surface area contributed by atoms with Crippen LogP contribution in [0.2, 0.25) is 0 Å². The van der Waals surface area contributed by atoms with Crippen LogP contribution >= 0.6 is 0 Å². The van der Waals surface area contributed by atoms with Crippen molar-refractivity contribution in [2.24, 2.45) is 0 Å². The molecule has 0 saturated carbocycles. The van der Waals surface area contributed by atoms with Crippen LogP contribution in [0.1, 0.15) is 12.8 Å². The van der Waals surface area contributed by atoms with E-state index in [2.05, 4.69) is 10.1 Å². The van der Waals surface area contributed by atoms with Crippen molar-refractivity contribution in [3.8, 4) is 0 Å². The van der Waals surface area contributed by atoms with Crippen LogP contribution in [0.5, 0.6) is 0 Å². The van der Waals surface area contributed by atoms with E-state index in [1.165, 1.54) is 0 Å². The van der Waals surface area contributed by atoms with E-state index in [0.717, 1.165) is 12.8 Å². The summed E-state index contributed by atoms with van der Waals surface area (Å²) < 4.78 is 38.1. The van der Waals surface area contributed by atoms with Crippen molar-refractivity contribution in [2.45, 2.75) is 25.2 Å². The predicted octanol–water partition coefficient (Wildman–Crippen LogP) is 1.83. The Balaban J connectivity index is 1.95. The zero-order valence-corrected chi connectivity index (χ0v) is 7.10. The lowest BCUT2D eigenvalue weighted by molar-refractivity contribution is -0.323. The van der Waals surface area contributed by atoms with Gasteiger partial charge in [0.05, 0.1) is 6.61 Å². The van der Waals surface area contributed by atoms with Crippen molar-refractivity contribution >= 4 is 0 Å². The summed E-state index contributed by atoms with van der Waals surface area (Å²) in [5.74, 6) is 0. The number of hydrogen-bond acceptors (Lipinski definition) is 2. The van der Waals surface area contributed by atoms with Crippen LogP contribution < -0.4 is 5.32 Å². The molecule has 0 aliphatic heterocycles. The van der Waals surface area contributed by atoms with Gasteiger partial charge in [-0.25, -0.2) is 0 Å². The first-order valence-corrected chi connectivity index (χ1v) is 4.17. The van der Waals surface area contributed by atoms with Crippen LogP contribution in [-0.2, 0) is 4.74 Å². The van der Waals surface area contributed by atoms with E-state index in [0.29, 0.717) is 0 Å². The summed E-state index contributed by atoms with van der Waals surface area (Å²) >= 11 is 0. The molecular formula is C8H12F3NO. The molecule has 76 valence electrons. The van der Waals surface area contributed by atoms with Gasteiger partial charge in [0.2, 0.25) is 0 Å². The highest BCUT2D eigenvalue weighted by Crippen LogP contribution is 2.15. The van der Waals surface area contributed by atoms with E-state index < -0.39 is 6.36 Å². The van der Waals surface area contributed by atoms with Gasteiger partial charge in [-0.3, -0.25) is 4.74 Å². The minimum atomic E-state index is -4.50. The van der Waals surface area contributed by atoms with Crippen molar-refractivity contribution in [3.63, 3.8) is 0 Å². The lowest BCUT2D eigenvalue weighted by Crippen LogP contribution is -2.31. The van der Waals surface area contributed by atoms with Gasteiger partial charge in [0.25, 0.3) is 0 Å². The first-order valence-electron chi connectivity index (χ1n) is 4.17. The monoisotopic (exact) mass is 195 g/mol. The molecule has 2 nitrogen and oxygen atoms in total. The van der Waals surface area contributed by atoms with Crippen molar-refractivity contribution in [2.75, 3.05) is 13.2 Å². The summed E-state index contributed by atoms with van der Waals surface area (Å²) in [5, 5.41) is 2.97. The first-order chi connectivity index (χ1) is 6.08. The molecule has 5 heteroatoms. The fourth-order valence-electron chi connectivity index (χ4n) is 1.21. The number of nitrogens with one attached hydrogen (secondary N) is 1. The highest BCUT2D eigenvalue weighted by Gasteiger charge is 2.28. The SMILES string of the molecule is FC(F)(F)OCCNC1CC=CC1. The first kappa shape index (κ1) is 10.5.